The molecule has 0 unspecified atom stereocenters. The van der Waals surface area contributed by atoms with Crippen molar-refractivity contribution in [3.05, 3.63) is 127 Å². The van der Waals surface area contributed by atoms with Crippen LogP contribution < -0.4 is 16.4 Å². The summed E-state index contributed by atoms with van der Waals surface area (Å²) >= 11 is 0. The Hall–Kier alpha value is -4.41. The molecule has 0 aromatic heterocycles. The smallest absolute Gasteiger partial charge is 0.0957 e. The van der Waals surface area contributed by atoms with Gasteiger partial charge in [0, 0.05) is 16.9 Å². The molecule has 0 spiro atoms. The van der Waals surface area contributed by atoms with Crippen molar-refractivity contribution >= 4 is 17.1 Å². The Morgan fingerprint density at radius 2 is 1.00 bits per heavy atom. The van der Waals surface area contributed by atoms with Crippen molar-refractivity contribution in [2.24, 2.45) is 5.84 Å². The number of nitrogens with zero attached hydrogens (tertiary/aromatic N) is 1. The van der Waals surface area contributed by atoms with Crippen molar-refractivity contribution in [3.63, 3.8) is 0 Å². The van der Waals surface area contributed by atoms with E-state index in [-0.39, 0.29) is 5.23 Å². The highest BCUT2D eigenvalue weighted by atomic mass is 19.2. The van der Waals surface area contributed by atoms with E-state index < -0.39 is 0 Å². The van der Waals surface area contributed by atoms with Crippen molar-refractivity contribution in [1.29, 1.82) is 0 Å². The molecule has 0 aliphatic carbocycles. The van der Waals surface area contributed by atoms with E-state index in [0.29, 0.717) is 5.69 Å². The van der Waals surface area contributed by atoms with E-state index in [2.05, 4.69) is 29.6 Å². The van der Waals surface area contributed by atoms with Crippen molar-refractivity contribution in [3.8, 4) is 33.4 Å². The summed E-state index contributed by atoms with van der Waals surface area (Å²) in [4.78, 5) is 0. The molecule has 4 heteroatoms. The fourth-order valence-electron chi connectivity index (χ4n) is 4.23. The SMILES string of the molecule is NN(F)c1ccc(-c2ccc(Nc3ccccc3)cc2)c(-c2ccccc2)c1-c1ccccc1. The van der Waals surface area contributed by atoms with E-state index in [1.54, 1.807) is 6.07 Å². The molecule has 0 aliphatic rings. The third-order valence-electron chi connectivity index (χ3n) is 5.80. The lowest BCUT2D eigenvalue weighted by Gasteiger charge is -2.21. The molecule has 0 aliphatic heterocycles. The summed E-state index contributed by atoms with van der Waals surface area (Å²) in [5, 5.41) is 3.62. The Balaban J connectivity index is 1.67. The van der Waals surface area contributed by atoms with Crippen LogP contribution in [0.2, 0.25) is 0 Å². The fraction of sp³-hybridized carbons (Fsp3) is 0. The number of benzene rings is 5. The molecule has 0 fully saturated rings. The first-order chi connectivity index (χ1) is 16.7. The number of nitrogens with two attached hydrogens (primary N) is 1. The number of para-hydroxylation sites is 1. The molecule has 0 atom stereocenters. The monoisotopic (exact) mass is 445 g/mol. The maximum atomic E-state index is 14.5. The van der Waals surface area contributed by atoms with Gasteiger partial charge in [-0.1, -0.05) is 102 Å². The van der Waals surface area contributed by atoms with Crippen LogP contribution in [-0.4, -0.2) is 0 Å². The van der Waals surface area contributed by atoms with Crippen molar-refractivity contribution < 1.29 is 4.48 Å². The van der Waals surface area contributed by atoms with E-state index in [4.69, 9.17) is 5.84 Å². The predicted octanol–water partition coefficient (Wildman–Crippen LogP) is 8.00. The van der Waals surface area contributed by atoms with Gasteiger partial charge >= 0.3 is 0 Å². The molecule has 34 heavy (non-hydrogen) atoms. The third kappa shape index (κ3) is 4.40. The van der Waals surface area contributed by atoms with Crippen LogP contribution in [0, 0.1) is 0 Å². The summed E-state index contributed by atoms with van der Waals surface area (Å²) in [7, 11) is 0. The van der Waals surface area contributed by atoms with Gasteiger partial charge in [-0.25, -0.2) is 5.84 Å². The fourth-order valence-corrected chi connectivity index (χ4v) is 4.23. The lowest BCUT2D eigenvalue weighted by atomic mass is 9.86. The zero-order chi connectivity index (χ0) is 23.3. The second-order valence-electron chi connectivity index (χ2n) is 7.99. The Bertz CT molecular complexity index is 1370. The van der Waals surface area contributed by atoms with E-state index >= 15 is 0 Å². The van der Waals surface area contributed by atoms with E-state index in [9.17, 15) is 4.48 Å². The molecule has 3 nitrogen and oxygen atoms in total. The Morgan fingerprint density at radius 3 is 1.56 bits per heavy atom. The van der Waals surface area contributed by atoms with Crippen LogP contribution in [0.4, 0.5) is 21.5 Å². The minimum absolute atomic E-state index is 0.200. The summed E-state index contributed by atoms with van der Waals surface area (Å²) in [5.74, 6) is 5.64. The van der Waals surface area contributed by atoms with Gasteiger partial charge in [0.2, 0.25) is 0 Å². The molecular weight excluding hydrogens is 421 g/mol. The number of anilines is 3. The molecule has 5 aromatic rings. The average molecular weight is 446 g/mol. The van der Waals surface area contributed by atoms with Gasteiger partial charge in [-0.3, -0.25) is 0 Å². The zero-order valence-electron chi connectivity index (χ0n) is 18.5. The van der Waals surface area contributed by atoms with Gasteiger partial charge in [-0.2, -0.15) is 0 Å². The normalized spacial score (nSPS) is 10.6. The predicted molar refractivity (Wildman–Crippen MR) is 140 cm³/mol. The van der Waals surface area contributed by atoms with Crippen LogP contribution in [0.3, 0.4) is 0 Å². The molecule has 0 bridgehead atoms. The number of nitrogens with one attached hydrogen (secondary N) is 1. The summed E-state index contributed by atoms with van der Waals surface area (Å²) in [6, 6.07) is 41.8. The molecule has 0 saturated carbocycles. The lowest BCUT2D eigenvalue weighted by Crippen LogP contribution is -2.21. The second-order valence-corrected chi connectivity index (χ2v) is 7.99. The minimum atomic E-state index is 0.200. The lowest BCUT2D eigenvalue weighted by molar-refractivity contribution is 0.445. The number of hydrogen-bond donors (Lipinski definition) is 2. The minimum Gasteiger partial charge on any atom is -0.356 e. The van der Waals surface area contributed by atoms with Gasteiger partial charge in [0.25, 0.3) is 0 Å². The summed E-state index contributed by atoms with van der Waals surface area (Å²) in [5.41, 5.74) is 7.94. The molecule has 5 aromatic carbocycles. The largest absolute Gasteiger partial charge is 0.356 e. The molecule has 0 amide bonds. The van der Waals surface area contributed by atoms with Crippen LogP contribution in [0.15, 0.2) is 127 Å². The van der Waals surface area contributed by atoms with Gasteiger partial charge in [0.1, 0.15) is 0 Å². The third-order valence-corrected chi connectivity index (χ3v) is 5.80. The van der Waals surface area contributed by atoms with Crippen LogP contribution >= 0.6 is 0 Å². The molecule has 0 radical (unpaired) electrons. The maximum Gasteiger partial charge on any atom is 0.0957 e. The van der Waals surface area contributed by atoms with Crippen molar-refractivity contribution in [2.45, 2.75) is 0 Å². The van der Waals surface area contributed by atoms with Crippen molar-refractivity contribution in [2.75, 3.05) is 10.5 Å². The highest BCUT2D eigenvalue weighted by Crippen LogP contribution is 2.45. The summed E-state index contributed by atoms with van der Waals surface area (Å²) in [6.07, 6.45) is 0. The van der Waals surface area contributed by atoms with Crippen LogP contribution in [0.5, 0.6) is 0 Å². The van der Waals surface area contributed by atoms with Gasteiger partial charge < -0.3 is 5.32 Å². The van der Waals surface area contributed by atoms with E-state index in [0.717, 1.165) is 44.8 Å². The Labute approximate surface area is 198 Å². The average Bonchev–Trinajstić information content (AvgIpc) is 2.90. The highest BCUT2D eigenvalue weighted by Gasteiger charge is 2.20. The van der Waals surface area contributed by atoms with Crippen LogP contribution in [0.1, 0.15) is 0 Å². The van der Waals surface area contributed by atoms with Crippen molar-refractivity contribution in [1.82, 2.24) is 0 Å². The first-order valence-electron chi connectivity index (χ1n) is 11.1. The summed E-state index contributed by atoms with van der Waals surface area (Å²) < 4.78 is 14.5. The Morgan fingerprint density at radius 1 is 0.500 bits per heavy atom. The molecule has 5 rings (SSSR count). The second kappa shape index (κ2) is 9.61. The maximum absolute atomic E-state index is 14.5. The van der Waals surface area contributed by atoms with Crippen LogP contribution in [-0.2, 0) is 0 Å². The zero-order valence-corrected chi connectivity index (χ0v) is 18.5. The molecular formula is C30H24FN3. The van der Waals surface area contributed by atoms with Gasteiger partial charge in [0.15, 0.2) is 0 Å². The number of hydrazine groups is 1. The standard InChI is InChI=1S/C30H24FN3/c31-34(32)28-21-20-27(22-16-18-26(19-17-22)33-25-14-8-3-9-15-25)29(23-10-4-1-5-11-23)30(28)24-12-6-2-7-13-24/h1-21,33H,32H2. The first-order valence-corrected chi connectivity index (χ1v) is 11.1. The first kappa shape index (κ1) is 21.4. The summed E-state index contributed by atoms with van der Waals surface area (Å²) in [6.45, 7) is 0. The number of rotatable bonds is 6. The van der Waals surface area contributed by atoms with Crippen LogP contribution in [0.25, 0.3) is 33.4 Å². The molecule has 0 heterocycles. The molecule has 0 saturated heterocycles. The molecule has 166 valence electrons. The topological polar surface area (TPSA) is 41.3 Å². The van der Waals surface area contributed by atoms with Gasteiger partial charge in [-0.15, -0.1) is 5.23 Å². The van der Waals surface area contributed by atoms with E-state index in [1.165, 1.54) is 0 Å². The van der Waals surface area contributed by atoms with Gasteiger partial charge in [0.05, 0.1) is 5.69 Å². The van der Waals surface area contributed by atoms with Gasteiger partial charge in [-0.05, 0) is 58.1 Å². The quantitative estimate of drug-likeness (QED) is 0.158. The van der Waals surface area contributed by atoms with E-state index in [1.807, 2.05) is 97.1 Å². The number of hydrogen-bond acceptors (Lipinski definition) is 3. The number of halogens is 1. The highest BCUT2D eigenvalue weighted by molar-refractivity contribution is 6.00. The molecule has 3 N–H and O–H groups in total. The Kier molecular flexibility index (Phi) is 6.06.